The predicted molar refractivity (Wildman–Crippen MR) is 46.2 cm³/mol. The number of hydrogen-bond donors (Lipinski definition) is 1. The number of nitrogens with one attached hydrogen (secondary N) is 1. The molecule has 0 atom stereocenters. The first-order chi connectivity index (χ1) is 6.24. The van der Waals surface area contributed by atoms with Gasteiger partial charge in [0.25, 0.3) is 0 Å². The second-order valence-electron chi connectivity index (χ2n) is 2.83. The van der Waals surface area contributed by atoms with Crippen molar-refractivity contribution >= 4 is 17.2 Å². The van der Waals surface area contributed by atoms with Gasteiger partial charge in [0.15, 0.2) is 12.1 Å². The van der Waals surface area contributed by atoms with Gasteiger partial charge in [0.1, 0.15) is 5.52 Å². The number of carbonyl (C=O) groups excluding carboxylic acids is 1. The highest BCUT2D eigenvalue weighted by Gasteiger charge is 2.10. The predicted octanol–water partition coefficient (Wildman–Crippen LogP) is 1.82. The molecule has 2 rings (SSSR count). The van der Waals surface area contributed by atoms with Crippen molar-refractivity contribution < 1.29 is 9.18 Å². The standard InChI is InChI=1S/C9H7FN2O/c1-5-7-3-2-6(4-13)8(10)9(7)12-11-5/h2-4H,1H3,(H,11,12). The van der Waals surface area contributed by atoms with E-state index in [1.807, 2.05) is 0 Å². The molecule has 1 N–H and O–H groups in total. The van der Waals surface area contributed by atoms with Gasteiger partial charge in [-0.15, -0.1) is 0 Å². The normalized spacial score (nSPS) is 10.6. The van der Waals surface area contributed by atoms with Crippen molar-refractivity contribution in [2.45, 2.75) is 6.92 Å². The highest BCUT2D eigenvalue weighted by Crippen LogP contribution is 2.20. The van der Waals surface area contributed by atoms with Gasteiger partial charge in [-0.3, -0.25) is 9.89 Å². The zero-order chi connectivity index (χ0) is 9.42. The van der Waals surface area contributed by atoms with E-state index in [4.69, 9.17) is 0 Å². The van der Waals surface area contributed by atoms with Gasteiger partial charge in [-0.05, 0) is 13.0 Å². The highest BCUT2D eigenvalue weighted by atomic mass is 19.1. The minimum atomic E-state index is -0.558. The quantitative estimate of drug-likeness (QED) is 0.677. The van der Waals surface area contributed by atoms with Crippen LogP contribution >= 0.6 is 0 Å². The molecule has 0 unspecified atom stereocenters. The van der Waals surface area contributed by atoms with E-state index in [9.17, 15) is 9.18 Å². The lowest BCUT2D eigenvalue weighted by Crippen LogP contribution is -1.88. The Balaban J connectivity index is 2.87. The second-order valence-corrected chi connectivity index (χ2v) is 2.83. The number of halogens is 1. The molecular formula is C9H7FN2O. The lowest BCUT2D eigenvalue weighted by Gasteiger charge is -1.94. The number of nitrogens with zero attached hydrogens (tertiary/aromatic N) is 1. The van der Waals surface area contributed by atoms with Crippen molar-refractivity contribution in [2.24, 2.45) is 0 Å². The maximum absolute atomic E-state index is 13.4. The summed E-state index contributed by atoms with van der Waals surface area (Å²) in [4.78, 5) is 10.4. The van der Waals surface area contributed by atoms with Crippen LogP contribution in [0.5, 0.6) is 0 Å². The van der Waals surface area contributed by atoms with Gasteiger partial charge in [-0.2, -0.15) is 5.10 Å². The van der Waals surface area contributed by atoms with E-state index < -0.39 is 5.82 Å². The summed E-state index contributed by atoms with van der Waals surface area (Å²) in [6.45, 7) is 1.80. The molecule has 0 fully saturated rings. The molecule has 1 aromatic heterocycles. The molecular weight excluding hydrogens is 171 g/mol. The van der Waals surface area contributed by atoms with Gasteiger partial charge in [-0.25, -0.2) is 4.39 Å². The fourth-order valence-electron chi connectivity index (χ4n) is 1.28. The van der Waals surface area contributed by atoms with Gasteiger partial charge < -0.3 is 0 Å². The number of benzene rings is 1. The van der Waals surface area contributed by atoms with Crippen LogP contribution in [-0.2, 0) is 0 Å². The van der Waals surface area contributed by atoms with Crippen LogP contribution in [0.3, 0.4) is 0 Å². The molecule has 0 spiro atoms. The van der Waals surface area contributed by atoms with E-state index in [-0.39, 0.29) is 11.1 Å². The topological polar surface area (TPSA) is 45.8 Å². The monoisotopic (exact) mass is 178 g/mol. The molecule has 13 heavy (non-hydrogen) atoms. The lowest BCUT2D eigenvalue weighted by molar-refractivity contribution is 0.112. The Morgan fingerprint density at radius 2 is 2.31 bits per heavy atom. The van der Waals surface area contributed by atoms with Gasteiger partial charge in [0.2, 0.25) is 0 Å². The number of hydrogen-bond acceptors (Lipinski definition) is 2. The summed E-state index contributed by atoms with van der Waals surface area (Å²) in [6, 6.07) is 3.13. The van der Waals surface area contributed by atoms with Crippen LogP contribution in [0.1, 0.15) is 16.1 Å². The molecule has 0 aliphatic rings. The number of aldehydes is 1. The molecule has 1 aromatic carbocycles. The average Bonchev–Trinajstić information content (AvgIpc) is 2.50. The summed E-state index contributed by atoms with van der Waals surface area (Å²) in [6.07, 6.45) is 0.485. The van der Waals surface area contributed by atoms with Gasteiger partial charge >= 0.3 is 0 Å². The molecule has 0 radical (unpaired) electrons. The number of aryl methyl sites for hydroxylation is 1. The number of carbonyl (C=O) groups is 1. The summed E-state index contributed by atoms with van der Waals surface area (Å²) in [5, 5.41) is 7.14. The van der Waals surface area contributed by atoms with Crippen molar-refractivity contribution in [1.29, 1.82) is 0 Å². The van der Waals surface area contributed by atoms with E-state index in [2.05, 4.69) is 10.2 Å². The molecule has 0 saturated heterocycles. The molecule has 0 aliphatic heterocycles. The maximum atomic E-state index is 13.4. The third-order valence-electron chi connectivity index (χ3n) is 2.01. The summed E-state index contributed by atoms with van der Waals surface area (Å²) >= 11 is 0. The number of aromatic nitrogens is 2. The van der Waals surface area contributed by atoms with E-state index in [1.54, 1.807) is 13.0 Å². The van der Waals surface area contributed by atoms with Crippen molar-refractivity contribution in [2.75, 3.05) is 0 Å². The first-order valence-corrected chi connectivity index (χ1v) is 3.82. The number of rotatable bonds is 1. The first kappa shape index (κ1) is 7.91. The number of fused-ring (bicyclic) bond motifs is 1. The van der Waals surface area contributed by atoms with Gasteiger partial charge in [0.05, 0.1) is 5.56 Å². The van der Waals surface area contributed by atoms with Gasteiger partial charge in [0, 0.05) is 11.1 Å². The smallest absolute Gasteiger partial charge is 0.161 e. The largest absolute Gasteiger partial charge is 0.298 e. The van der Waals surface area contributed by atoms with Crippen LogP contribution in [-0.4, -0.2) is 16.5 Å². The Hall–Kier alpha value is -1.71. The van der Waals surface area contributed by atoms with Crippen molar-refractivity contribution in [1.82, 2.24) is 10.2 Å². The molecule has 0 aliphatic carbocycles. The minimum absolute atomic E-state index is 0.0407. The Morgan fingerprint density at radius 1 is 1.54 bits per heavy atom. The molecule has 1 heterocycles. The van der Waals surface area contributed by atoms with Crippen LogP contribution in [0.2, 0.25) is 0 Å². The van der Waals surface area contributed by atoms with Crippen molar-refractivity contribution in [3.05, 3.63) is 29.2 Å². The van der Waals surface area contributed by atoms with E-state index >= 15 is 0 Å². The molecule has 66 valence electrons. The van der Waals surface area contributed by atoms with Crippen LogP contribution in [0.25, 0.3) is 10.9 Å². The Kier molecular flexibility index (Phi) is 1.62. The third kappa shape index (κ3) is 1.02. The fourth-order valence-corrected chi connectivity index (χ4v) is 1.28. The number of H-pyrrole nitrogens is 1. The van der Waals surface area contributed by atoms with Crippen LogP contribution < -0.4 is 0 Å². The molecule has 0 bridgehead atoms. The summed E-state index contributed by atoms with van der Waals surface area (Å²) < 4.78 is 13.4. The van der Waals surface area contributed by atoms with Crippen LogP contribution in [0.4, 0.5) is 4.39 Å². The van der Waals surface area contributed by atoms with Crippen LogP contribution in [0.15, 0.2) is 12.1 Å². The van der Waals surface area contributed by atoms with E-state index in [0.717, 1.165) is 5.69 Å². The zero-order valence-corrected chi connectivity index (χ0v) is 6.97. The third-order valence-corrected chi connectivity index (χ3v) is 2.01. The molecule has 4 heteroatoms. The minimum Gasteiger partial charge on any atom is -0.298 e. The van der Waals surface area contributed by atoms with E-state index in [0.29, 0.717) is 11.7 Å². The maximum Gasteiger partial charge on any atom is 0.161 e. The van der Waals surface area contributed by atoms with Crippen molar-refractivity contribution in [3.63, 3.8) is 0 Å². The average molecular weight is 178 g/mol. The zero-order valence-electron chi connectivity index (χ0n) is 6.97. The highest BCUT2D eigenvalue weighted by molar-refractivity contribution is 5.88. The Bertz CT molecular complexity index is 476. The molecule has 0 amide bonds. The second kappa shape index (κ2) is 2.65. The molecule has 2 aromatic rings. The Morgan fingerprint density at radius 3 is 3.00 bits per heavy atom. The lowest BCUT2D eigenvalue weighted by atomic mass is 10.1. The summed E-state index contributed by atoms with van der Waals surface area (Å²) in [5.74, 6) is -0.558. The first-order valence-electron chi connectivity index (χ1n) is 3.82. The molecule has 0 saturated carbocycles. The Labute approximate surface area is 73.6 Å². The summed E-state index contributed by atoms with van der Waals surface area (Å²) in [7, 11) is 0. The molecule has 3 nitrogen and oxygen atoms in total. The van der Waals surface area contributed by atoms with E-state index in [1.165, 1.54) is 6.07 Å². The summed E-state index contributed by atoms with van der Waals surface area (Å²) in [5.41, 5.74) is 1.06. The fraction of sp³-hybridized carbons (Fsp3) is 0.111. The van der Waals surface area contributed by atoms with Crippen molar-refractivity contribution in [3.8, 4) is 0 Å². The van der Waals surface area contributed by atoms with Gasteiger partial charge in [-0.1, -0.05) is 6.07 Å². The SMILES string of the molecule is Cc1[nH]nc2c(F)c(C=O)ccc12. The van der Waals surface area contributed by atoms with Crippen LogP contribution in [0, 0.1) is 12.7 Å². The number of aromatic amines is 1.